The molecule has 3 nitrogen and oxygen atoms in total. The van der Waals surface area contributed by atoms with Crippen LogP contribution in [0.25, 0.3) is 21.5 Å². The zero-order chi connectivity index (χ0) is 16.0. The van der Waals surface area contributed by atoms with Gasteiger partial charge in [0.1, 0.15) is 5.69 Å². The molecule has 0 amide bonds. The van der Waals surface area contributed by atoms with E-state index in [2.05, 4.69) is 9.97 Å². The first-order chi connectivity index (χ1) is 10.3. The highest BCUT2D eigenvalue weighted by molar-refractivity contribution is 7.17. The highest BCUT2D eigenvalue weighted by Crippen LogP contribution is 2.39. The monoisotopic (exact) mass is 324 g/mol. The number of nitrogens with zero attached hydrogens (tertiary/aromatic N) is 2. The molecule has 3 rings (SSSR count). The Kier molecular flexibility index (Phi) is 3.41. The predicted octanol–water partition coefficient (Wildman–Crippen LogP) is 4.13. The molecule has 22 heavy (non-hydrogen) atoms. The zero-order valence-electron chi connectivity index (χ0n) is 11.4. The van der Waals surface area contributed by atoms with Gasteiger partial charge in [-0.25, -0.2) is 0 Å². The van der Waals surface area contributed by atoms with Crippen LogP contribution in [0, 0.1) is 0 Å². The van der Waals surface area contributed by atoms with Crippen LogP contribution in [0.5, 0.6) is 0 Å². The summed E-state index contributed by atoms with van der Waals surface area (Å²) in [5, 5.41) is 12.6. The number of fused-ring (bicyclic) bond motifs is 1. The first kappa shape index (κ1) is 14.9. The van der Waals surface area contributed by atoms with Gasteiger partial charge < -0.3 is 5.11 Å². The number of halogens is 3. The summed E-state index contributed by atoms with van der Waals surface area (Å²) in [4.78, 5) is 8.32. The molecule has 3 heterocycles. The van der Waals surface area contributed by atoms with Crippen molar-refractivity contribution in [3.8, 4) is 11.4 Å². The molecular formula is C15H11F3N2OS. The minimum Gasteiger partial charge on any atom is -0.376 e. The molecule has 0 bridgehead atoms. The molecule has 114 valence electrons. The van der Waals surface area contributed by atoms with Gasteiger partial charge in [0.05, 0.1) is 10.4 Å². The van der Waals surface area contributed by atoms with Gasteiger partial charge in [0.25, 0.3) is 0 Å². The van der Waals surface area contributed by atoms with E-state index in [-0.39, 0.29) is 5.56 Å². The summed E-state index contributed by atoms with van der Waals surface area (Å²) in [7, 11) is 0. The molecule has 1 N–H and O–H groups in total. The second kappa shape index (κ2) is 5.03. The average molecular weight is 324 g/mol. The maximum atomic E-state index is 13.0. The smallest absolute Gasteiger partial charge is 0.376 e. The molecule has 3 aromatic rings. The van der Waals surface area contributed by atoms with E-state index in [0.29, 0.717) is 11.4 Å². The van der Waals surface area contributed by atoms with Crippen LogP contribution in [0.2, 0.25) is 0 Å². The van der Waals surface area contributed by atoms with Crippen molar-refractivity contribution >= 4 is 21.4 Å². The summed E-state index contributed by atoms with van der Waals surface area (Å²) in [6.45, 7) is 0.727. The Hall–Kier alpha value is -1.99. The van der Waals surface area contributed by atoms with E-state index in [0.717, 1.165) is 23.1 Å². The minimum atomic E-state index is -4.77. The predicted molar refractivity (Wildman–Crippen MR) is 78.5 cm³/mol. The first-order valence-corrected chi connectivity index (χ1v) is 7.27. The number of alkyl halides is 3. The number of rotatable bonds is 2. The van der Waals surface area contributed by atoms with Gasteiger partial charge >= 0.3 is 6.18 Å². The van der Waals surface area contributed by atoms with Crippen molar-refractivity contribution in [2.45, 2.75) is 18.7 Å². The number of thiophene rings is 1. The molecular weight excluding hydrogens is 313 g/mol. The van der Waals surface area contributed by atoms with E-state index in [1.165, 1.54) is 23.6 Å². The van der Waals surface area contributed by atoms with Crippen LogP contribution >= 0.6 is 11.3 Å². The molecule has 1 atom stereocenters. The molecule has 0 aliphatic heterocycles. The summed E-state index contributed by atoms with van der Waals surface area (Å²) in [6.07, 6.45) is -1.94. The molecule has 0 aromatic carbocycles. The third-order valence-corrected chi connectivity index (χ3v) is 4.42. The van der Waals surface area contributed by atoms with E-state index in [4.69, 9.17) is 0 Å². The number of pyridine rings is 2. The second-order valence-electron chi connectivity index (χ2n) is 5.00. The lowest BCUT2D eigenvalue weighted by Crippen LogP contribution is -2.39. The molecule has 1 unspecified atom stereocenters. The van der Waals surface area contributed by atoms with Gasteiger partial charge in [0.15, 0.2) is 5.60 Å². The van der Waals surface area contributed by atoms with Crippen LogP contribution in [0.15, 0.2) is 42.0 Å². The number of aromatic nitrogens is 2. The summed E-state index contributed by atoms with van der Waals surface area (Å²) in [6, 6.07) is 6.12. The Morgan fingerprint density at radius 2 is 1.82 bits per heavy atom. The van der Waals surface area contributed by atoms with Crippen molar-refractivity contribution in [1.82, 2.24) is 9.97 Å². The van der Waals surface area contributed by atoms with E-state index in [1.807, 2.05) is 17.5 Å². The minimum absolute atomic E-state index is 0.264. The number of hydrogen-bond acceptors (Lipinski definition) is 4. The molecule has 7 heteroatoms. The quantitative estimate of drug-likeness (QED) is 0.771. The summed E-state index contributed by atoms with van der Waals surface area (Å²) >= 11 is 1.44. The van der Waals surface area contributed by atoms with Gasteiger partial charge in [-0.3, -0.25) is 9.97 Å². The lowest BCUT2D eigenvalue weighted by Gasteiger charge is -2.26. The van der Waals surface area contributed by atoms with E-state index in [1.54, 1.807) is 6.20 Å². The Balaban J connectivity index is 2.15. The van der Waals surface area contributed by atoms with Crippen molar-refractivity contribution < 1.29 is 18.3 Å². The second-order valence-corrected chi connectivity index (χ2v) is 5.91. The molecule has 3 aromatic heterocycles. The zero-order valence-corrected chi connectivity index (χ0v) is 12.2. The topological polar surface area (TPSA) is 46.0 Å². The first-order valence-electron chi connectivity index (χ1n) is 6.39. The molecule has 0 radical (unpaired) electrons. The highest BCUT2D eigenvalue weighted by atomic mass is 32.1. The van der Waals surface area contributed by atoms with Crippen LogP contribution in [-0.4, -0.2) is 21.3 Å². The fraction of sp³-hybridized carbons (Fsp3) is 0.200. The van der Waals surface area contributed by atoms with E-state index in [9.17, 15) is 18.3 Å². The molecule has 0 aliphatic carbocycles. The van der Waals surface area contributed by atoms with E-state index < -0.39 is 11.8 Å². The fourth-order valence-electron chi connectivity index (χ4n) is 2.10. The Morgan fingerprint density at radius 1 is 1.09 bits per heavy atom. The molecule has 0 fully saturated rings. The van der Waals surface area contributed by atoms with Crippen molar-refractivity contribution in [2.75, 3.05) is 0 Å². The maximum absolute atomic E-state index is 13.0. The lowest BCUT2D eigenvalue weighted by atomic mass is 9.95. The lowest BCUT2D eigenvalue weighted by molar-refractivity contribution is -0.258. The van der Waals surface area contributed by atoms with Crippen LogP contribution in [-0.2, 0) is 5.60 Å². The normalized spacial score (nSPS) is 15.0. The number of hydrogen-bond donors (Lipinski definition) is 1. The standard InChI is InChI=1S/C15H11F3N2OS/c1-14(21,15(16,17)18)10-3-6-19-11(8-10)12-13-9(2-5-20-12)4-7-22-13/h2-8,21H,1H3. The van der Waals surface area contributed by atoms with Gasteiger partial charge in [-0.1, -0.05) is 0 Å². The Morgan fingerprint density at radius 3 is 2.55 bits per heavy atom. The van der Waals surface area contributed by atoms with E-state index >= 15 is 0 Å². The van der Waals surface area contributed by atoms with Gasteiger partial charge in [0.2, 0.25) is 0 Å². The Labute approximate surface area is 128 Å². The average Bonchev–Trinajstić information content (AvgIpc) is 2.94. The third-order valence-electron chi connectivity index (χ3n) is 3.49. The summed E-state index contributed by atoms with van der Waals surface area (Å²) in [5.41, 5.74) is -2.39. The van der Waals surface area contributed by atoms with Crippen LogP contribution in [0.1, 0.15) is 12.5 Å². The van der Waals surface area contributed by atoms with Crippen molar-refractivity contribution in [3.63, 3.8) is 0 Å². The highest BCUT2D eigenvalue weighted by Gasteiger charge is 2.51. The van der Waals surface area contributed by atoms with Crippen molar-refractivity contribution in [1.29, 1.82) is 0 Å². The third kappa shape index (κ3) is 2.36. The van der Waals surface area contributed by atoms with Crippen LogP contribution in [0.4, 0.5) is 13.2 Å². The number of aliphatic hydroxyl groups is 1. The van der Waals surface area contributed by atoms with Crippen LogP contribution < -0.4 is 0 Å². The molecule has 0 saturated carbocycles. The summed E-state index contributed by atoms with van der Waals surface area (Å²) in [5.74, 6) is 0. The summed E-state index contributed by atoms with van der Waals surface area (Å²) < 4.78 is 39.8. The Bertz CT molecular complexity index is 827. The molecule has 0 aliphatic rings. The maximum Gasteiger partial charge on any atom is 0.421 e. The molecule has 0 saturated heterocycles. The van der Waals surface area contributed by atoms with Gasteiger partial charge in [-0.2, -0.15) is 13.2 Å². The SMILES string of the molecule is CC(O)(c1ccnc(-c2nccc3ccsc23)c1)C(F)(F)F. The fourth-order valence-corrected chi connectivity index (χ4v) is 2.99. The molecule has 0 spiro atoms. The van der Waals surface area contributed by atoms with Gasteiger partial charge in [-0.05, 0) is 47.5 Å². The van der Waals surface area contributed by atoms with Crippen molar-refractivity contribution in [2.24, 2.45) is 0 Å². The van der Waals surface area contributed by atoms with Gasteiger partial charge in [-0.15, -0.1) is 11.3 Å². The van der Waals surface area contributed by atoms with Crippen LogP contribution in [0.3, 0.4) is 0 Å². The largest absolute Gasteiger partial charge is 0.421 e. The van der Waals surface area contributed by atoms with Gasteiger partial charge in [0, 0.05) is 12.4 Å². The van der Waals surface area contributed by atoms with Crippen molar-refractivity contribution in [3.05, 3.63) is 47.6 Å².